The third-order valence-electron chi connectivity index (χ3n) is 4.35. The van der Waals surface area contributed by atoms with Crippen molar-refractivity contribution in [3.8, 4) is 0 Å². The Kier molecular flexibility index (Phi) is 7.52. The molecule has 2 unspecified atom stereocenters. The van der Waals surface area contributed by atoms with Gasteiger partial charge in [0.05, 0.1) is 6.61 Å². The molecule has 1 saturated heterocycles. The van der Waals surface area contributed by atoms with E-state index in [1.54, 1.807) is 6.92 Å². The quantitative estimate of drug-likeness (QED) is 0.730. The van der Waals surface area contributed by atoms with Crippen LogP contribution >= 0.6 is 0 Å². The lowest BCUT2D eigenvalue weighted by Crippen LogP contribution is -2.47. The van der Waals surface area contributed by atoms with Crippen molar-refractivity contribution >= 4 is 5.97 Å². The Labute approximate surface area is 124 Å². The summed E-state index contributed by atoms with van der Waals surface area (Å²) < 4.78 is 5.03. The number of likely N-dealkylation sites (tertiary alicyclic amines) is 1. The molecule has 1 rings (SSSR count). The molecule has 0 aliphatic carbocycles. The Morgan fingerprint density at radius 2 is 2.10 bits per heavy atom. The molecule has 2 atom stereocenters. The van der Waals surface area contributed by atoms with Gasteiger partial charge in [0.15, 0.2) is 0 Å². The van der Waals surface area contributed by atoms with Crippen molar-refractivity contribution in [2.75, 3.05) is 19.7 Å². The second kappa shape index (κ2) is 8.63. The molecule has 0 saturated carbocycles. The molecule has 1 aliphatic rings. The van der Waals surface area contributed by atoms with Gasteiger partial charge in [-0.25, -0.2) is 0 Å². The highest BCUT2D eigenvalue weighted by Crippen LogP contribution is 2.20. The summed E-state index contributed by atoms with van der Waals surface area (Å²) in [6.07, 6.45) is 8.19. The normalized spacial score (nSPS) is 23.9. The number of ether oxygens (including phenoxy) is 1. The predicted octanol–water partition coefficient (Wildman–Crippen LogP) is 2.70. The third kappa shape index (κ3) is 5.41. The van der Waals surface area contributed by atoms with Gasteiger partial charge in [0, 0.05) is 6.04 Å². The summed E-state index contributed by atoms with van der Waals surface area (Å²) in [5, 5.41) is 0. The molecule has 0 spiro atoms. The van der Waals surface area contributed by atoms with E-state index in [-0.39, 0.29) is 5.97 Å². The van der Waals surface area contributed by atoms with Crippen LogP contribution < -0.4 is 5.73 Å². The van der Waals surface area contributed by atoms with E-state index in [0.29, 0.717) is 19.1 Å². The van der Waals surface area contributed by atoms with Crippen molar-refractivity contribution in [2.24, 2.45) is 5.73 Å². The number of hydrogen-bond donors (Lipinski definition) is 1. The second-order valence-corrected chi connectivity index (χ2v) is 6.19. The minimum atomic E-state index is -0.844. The van der Waals surface area contributed by atoms with Gasteiger partial charge in [-0.15, -0.1) is 0 Å². The van der Waals surface area contributed by atoms with E-state index in [4.69, 9.17) is 10.5 Å². The Bertz CT molecular complexity index is 292. The van der Waals surface area contributed by atoms with Crippen LogP contribution in [0.2, 0.25) is 0 Å². The minimum absolute atomic E-state index is 0.275. The van der Waals surface area contributed by atoms with E-state index in [1.807, 2.05) is 6.92 Å². The number of hydrogen-bond acceptors (Lipinski definition) is 4. The summed E-state index contributed by atoms with van der Waals surface area (Å²) in [6.45, 7) is 8.51. The molecular weight excluding hydrogens is 252 g/mol. The van der Waals surface area contributed by atoms with E-state index in [2.05, 4.69) is 11.8 Å². The molecule has 1 aliphatic heterocycles. The zero-order valence-electron chi connectivity index (χ0n) is 13.5. The maximum absolute atomic E-state index is 11.8. The van der Waals surface area contributed by atoms with Crippen LogP contribution in [-0.2, 0) is 9.53 Å². The van der Waals surface area contributed by atoms with E-state index in [0.717, 1.165) is 13.0 Å². The Morgan fingerprint density at radius 1 is 1.35 bits per heavy atom. The molecule has 118 valence electrons. The smallest absolute Gasteiger partial charge is 0.325 e. The van der Waals surface area contributed by atoms with E-state index >= 15 is 0 Å². The number of nitrogens with two attached hydrogens (primary N) is 1. The zero-order valence-corrected chi connectivity index (χ0v) is 13.5. The summed E-state index contributed by atoms with van der Waals surface area (Å²) in [5.41, 5.74) is 5.22. The Hall–Kier alpha value is -0.610. The molecule has 4 heteroatoms. The van der Waals surface area contributed by atoms with Crippen LogP contribution in [-0.4, -0.2) is 42.1 Å². The van der Waals surface area contributed by atoms with E-state index in [9.17, 15) is 4.79 Å². The van der Waals surface area contributed by atoms with Gasteiger partial charge >= 0.3 is 5.97 Å². The van der Waals surface area contributed by atoms with Crippen molar-refractivity contribution < 1.29 is 9.53 Å². The van der Waals surface area contributed by atoms with Gasteiger partial charge in [-0.1, -0.05) is 19.8 Å². The average Bonchev–Trinajstić information content (AvgIpc) is 2.64. The van der Waals surface area contributed by atoms with Gasteiger partial charge < -0.3 is 15.4 Å². The Morgan fingerprint density at radius 3 is 2.75 bits per heavy atom. The molecule has 2 N–H and O–H groups in total. The maximum atomic E-state index is 11.8. The summed E-state index contributed by atoms with van der Waals surface area (Å²) >= 11 is 0. The Balaban J connectivity index is 2.39. The monoisotopic (exact) mass is 284 g/mol. The zero-order chi connectivity index (χ0) is 15.0. The summed E-state index contributed by atoms with van der Waals surface area (Å²) in [5.74, 6) is -0.275. The minimum Gasteiger partial charge on any atom is -0.465 e. The molecule has 0 bridgehead atoms. The van der Waals surface area contributed by atoms with Crippen LogP contribution in [0.4, 0.5) is 0 Å². The van der Waals surface area contributed by atoms with Gasteiger partial charge in [-0.2, -0.15) is 0 Å². The average molecular weight is 284 g/mol. The maximum Gasteiger partial charge on any atom is 0.325 e. The van der Waals surface area contributed by atoms with Crippen LogP contribution in [0.5, 0.6) is 0 Å². The number of rotatable bonds is 7. The first-order valence-electron chi connectivity index (χ1n) is 8.21. The van der Waals surface area contributed by atoms with Gasteiger partial charge in [-0.05, 0) is 59.0 Å². The molecule has 1 heterocycles. The van der Waals surface area contributed by atoms with Crippen molar-refractivity contribution in [3.05, 3.63) is 0 Å². The van der Waals surface area contributed by atoms with Gasteiger partial charge in [0.2, 0.25) is 0 Å². The topological polar surface area (TPSA) is 55.6 Å². The summed E-state index contributed by atoms with van der Waals surface area (Å²) in [7, 11) is 0. The number of esters is 1. The predicted molar refractivity (Wildman–Crippen MR) is 82.6 cm³/mol. The fourth-order valence-corrected chi connectivity index (χ4v) is 3.04. The van der Waals surface area contributed by atoms with Gasteiger partial charge in [-0.3, -0.25) is 4.79 Å². The number of carbonyl (C=O) groups is 1. The van der Waals surface area contributed by atoms with Crippen LogP contribution in [0.25, 0.3) is 0 Å². The first-order chi connectivity index (χ1) is 9.51. The molecule has 0 aromatic rings. The first-order valence-corrected chi connectivity index (χ1v) is 8.21. The third-order valence-corrected chi connectivity index (χ3v) is 4.35. The molecule has 0 amide bonds. The van der Waals surface area contributed by atoms with Crippen LogP contribution in [0.1, 0.15) is 65.7 Å². The largest absolute Gasteiger partial charge is 0.465 e. The van der Waals surface area contributed by atoms with Crippen LogP contribution in [0.15, 0.2) is 0 Å². The lowest BCUT2D eigenvalue weighted by atomic mass is 9.97. The molecule has 1 fully saturated rings. The van der Waals surface area contributed by atoms with Crippen molar-refractivity contribution in [3.63, 3.8) is 0 Å². The standard InChI is InChI=1S/C16H32N2O2/c1-4-14-10-7-6-8-12-18(14)13-9-11-16(3,17)15(19)20-5-2/h14H,4-13,17H2,1-3H3. The fraction of sp³-hybridized carbons (Fsp3) is 0.938. The fourth-order valence-electron chi connectivity index (χ4n) is 3.04. The SMILES string of the molecule is CCOC(=O)C(C)(N)CCCN1CCCCCC1CC. The van der Waals surface area contributed by atoms with Gasteiger partial charge in [0.25, 0.3) is 0 Å². The van der Waals surface area contributed by atoms with E-state index in [1.165, 1.54) is 38.6 Å². The second-order valence-electron chi connectivity index (χ2n) is 6.19. The van der Waals surface area contributed by atoms with E-state index < -0.39 is 5.54 Å². The van der Waals surface area contributed by atoms with Gasteiger partial charge in [0.1, 0.15) is 5.54 Å². The highest BCUT2D eigenvalue weighted by Gasteiger charge is 2.30. The van der Waals surface area contributed by atoms with Crippen molar-refractivity contribution in [1.82, 2.24) is 4.90 Å². The number of carbonyl (C=O) groups excluding carboxylic acids is 1. The summed E-state index contributed by atoms with van der Waals surface area (Å²) in [6, 6.07) is 0.712. The highest BCUT2D eigenvalue weighted by atomic mass is 16.5. The lowest BCUT2D eigenvalue weighted by molar-refractivity contribution is -0.149. The molecule has 0 aromatic carbocycles. The van der Waals surface area contributed by atoms with Crippen molar-refractivity contribution in [1.29, 1.82) is 0 Å². The molecule has 4 nitrogen and oxygen atoms in total. The van der Waals surface area contributed by atoms with Crippen LogP contribution in [0.3, 0.4) is 0 Å². The highest BCUT2D eigenvalue weighted by molar-refractivity contribution is 5.79. The van der Waals surface area contributed by atoms with Crippen LogP contribution in [0, 0.1) is 0 Å². The first kappa shape index (κ1) is 17.4. The molecule has 0 aromatic heterocycles. The molecule has 20 heavy (non-hydrogen) atoms. The van der Waals surface area contributed by atoms with Crippen molar-refractivity contribution in [2.45, 2.75) is 77.3 Å². The summed E-state index contributed by atoms with van der Waals surface area (Å²) in [4.78, 5) is 14.4. The molecule has 0 radical (unpaired) electrons. The number of nitrogens with zero attached hydrogens (tertiary/aromatic N) is 1. The lowest BCUT2D eigenvalue weighted by Gasteiger charge is -2.30. The molecular formula is C16H32N2O2.